The Labute approximate surface area is 132 Å². The van der Waals surface area contributed by atoms with Gasteiger partial charge in [-0.15, -0.1) is 0 Å². The molecule has 21 heavy (non-hydrogen) atoms. The summed E-state index contributed by atoms with van der Waals surface area (Å²) in [5.74, 6) is -0.111. The Hall–Kier alpha value is -1.65. The molecule has 2 N–H and O–H groups in total. The Bertz CT molecular complexity index is 684. The van der Waals surface area contributed by atoms with Gasteiger partial charge in [0.1, 0.15) is 0 Å². The minimum atomic E-state index is -0.143. The summed E-state index contributed by atoms with van der Waals surface area (Å²) in [5, 5.41) is 6.32. The number of hydrogen-bond donors (Lipinski definition) is 2. The number of carbonyl (C=O) groups is 1. The van der Waals surface area contributed by atoms with Gasteiger partial charge in [-0.3, -0.25) is 4.79 Å². The number of halogens is 1. The zero-order valence-electron chi connectivity index (χ0n) is 11.8. The molecule has 108 valence electrons. The first-order valence-corrected chi connectivity index (χ1v) is 7.80. The first-order valence-electron chi connectivity index (χ1n) is 7.00. The summed E-state index contributed by atoms with van der Waals surface area (Å²) in [7, 11) is 0. The topological polar surface area (TPSA) is 41.1 Å². The quantitative estimate of drug-likeness (QED) is 0.874. The maximum absolute atomic E-state index is 12.6. The summed E-state index contributed by atoms with van der Waals surface area (Å²) in [6.45, 7) is 3.53. The van der Waals surface area contributed by atoms with E-state index in [-0.39, 0.29) is 11.8 Å². The minimum absolute atomic E-state index is 0.0328. The maximum atomic E-state index is 12.6. The highest BCUT2D eigenvalue weighted by atomic mass is 79.9. The second kappa shape index (κ2) is 6.00. The van der Waals surface area contributed by atoms with Crippen molar-refractivity contribution >= 4 is 27.5 Å². The zero-order valence-corrected chi connectivity index (χ0v) is 13.4. The molecule has 1 aliphatic heterocycles. The van der Waals surface area contributed by atoms with Crippen molar-refractivity contribution in [3.8, 4) is 0 Å². The smallest absolute Gasteiger partial charge is 0.233 e. The number of rotatable bonds is 2. The molecular formula is C17H17BrN2O. The van der Waals surface area contributed by atoms with E-state index in [0.717, 1.165) is 27.8 Å². The highest BCUT2D eigenvalue weighted by Crippen LogP contribution is 2.26. The van der Waals surface area contributed by atoms with Crippen LogP contribution in [-0.2, 0) is 11.3 Å². The van der Waals surface area contributed by atoms with Gasteiger partial charge in [-0.25, -0.2) is 0 Å². The molecule has 1 heterocycles. The van der Waals surface area contributed by atoms with Crippen molar-refractivity contribution in [1.82, 2.24) is 5.32 Å². The third kappa shape index (κ3) is 3.01. The highest BCUT2D eigenvalue weighted by Gasteiger charge is 2.26. The van der Waals surface area contributed by atoms with E-state index in [0.29, 0.717) is 6.54 Å². The van der Waals surface area contributed by atoms with E-state index >= 15 is 0 Å². The second-order valence-corrected chi connectivity index (χ2v) is 6.19. The third-order valence-electron chi connectivity index (χ3n) is 3.85. The van der Waals surface area contributed by atoms with Crippen molar-refractivity contribution in [2.24, 2.45) is 0 Å². The van der Waals surface area contributed by atoms with Gasteiger partial charge in [0.25, 0.3) is 0 Å². The van der Waals surface area contributed by atoms with E-state index < -0.39 is 0 Å². The van der Waals surface area contributed by atoms with Crippen molar-refractivity contribution in [1.29, 1.82) is 0 Å². The van der Waals surface area contributed by atoms with Gasteiger partial charge in [-0.2, -0.15) is 0 Å². The van der Waals surface area contributed by atoms with Crippen LogP contribution in [0.15, 0.2) is 46.9 Å². The van der Waals surface area contributed by atoms with Gasteiger partial charge < -0.3 is 10.6 Å². The van der Waals surface area contributed by atoms with Crippen LogP contribution < -0.4 is 10.6 Å². The van der Waals surface area contributed by atoms with Crippen molar-refractivity contribution in [2.75, 3.05) is 11.9 Å². The molecule has 1 amide bonds. The molecule has 0 fully saturated rings. The molecule has 1 atom stereocenters. The molecular weight excluding hydrogens is 328 g/mol. The van der Waals surface area contributed by atoms with E-state index in [1.54, 1.807) is 0 Å². The number of amides is 1. The van der Waals surface area contributed by atoms with Crippen LogP contribution in [0.2, 0.25) is 0 Å². The summed E-state index contributed by atoms with van der Waals surface area (Å²) in [6, 6.07) is 14.0. The van der Waals surface area contributed by atoms with Gasteiger partial charge >= 0.3 is 0 Å². The van der Waals surface area contributed by atoms with Crippen LogP contribution in [0, 0.1) is 6.92 Å². The summed E-state index contributed by atoms with van der Waals surface area (Å²) in [4.78, 5) is 12.6. The van der Waals surface area contributed by atoms with E-state index in [4.69, 9.17) is 0 Å². The molecule has 3 rings (SSSR count). The predicted octanol–water partition coefficient (Wildman–Crippen LogP) is 3.58. The summed E-state index contributed by atoms with van der Waals surface area (Å²) in [5.41, 5.74) is 4.30. The largest absolute Gasteiger partial charge is 0.325 e. The van der Waals surface area contributed by atoms with Gasteiger partial charge in [-0.1, -0.05) is 46.3 Å². The Morgan fingerprint density at radius 2 is 2.10 bits per heavy atom. The van der Waals surface area contributed by atoms with E-state index in [2.05, 4.69) is 32.6 Å². The number of benzene rings is 2. The van der Waals surface area contributed by atoms with E-state index in [1.807, 2.05) is 43.3 Å². The lowest BCUT2D eigenvalue weighted by Gasteiger charge is -2.25. The molecule has 1 unspecified atom stereocenters. The fourth-order valence-electron chi connectivity index (χ4n) is 2.63. The Balaban J connectivity index is 1.81. The Morgan fingerprint density at radius 3 is 2.90 bits per heavy atom. The van der Waals surface area contributed by atoms with Crippen LogP contribution >= 0.6 is 15.9 Å². The van der Waals surface area contributed by atoms with Crippen molar-refractivity contribution in [2.45, 2.75) is 19.4 Å². The fraction of sp³-hybridized carbons (Fsp3) is 0.235. The van der Waals surface area contributed by atoms with Crippen LogP contribution in [-0.4, -0.2) is 12.5 Å². The van der Waals surface area contributed by atoms with Crippen LogP contribution in [0.4, 0.5) is 5.69 Å². The van der Waals surface area contributed by atoms with Crippen LogP contribution in [0.25, 0.3) is 0 Å². The molecule has 4 heteroatoms. The fourth-order valence-corrected chi connectivity index (χ4v) is 3.01. The van der Waals surface area contributed by atoms with Crippen LogP contribution in [0.3, 0.4) is 0 Å². The van der Waals surface area contributed by atoms with Gasteiger partial charge in [0, 0.05) is 23.2 Å². The van der Waals surface area contributed by atoms with Crippen molar-refractivity contribution in [3.63, 3.8) is 0 Å². The molecule has 2 aromatic carbocycles. The molecule has 0 bridgehead atoms. The number of hydrogen-bond acceptors (Lipinski definition) is 2. The summed E-state index contributed by atoms with van der Waals surface area (Å²) < 4.78 is 1.00. The molecule has 0 saturated carbocycles. The normalized spacial score (nSPS) is 17.1. The lowest BCUT2D eigenvalue weighted by molar-refractivity contribution is -0.117. The predicted molar refractivity (Wildman–Crippen MR) is 88.4 cm³/mol. The van der Waals surface area contributed by atoms with Crippen LogP contribution in [0.1, 0.15) is 22.6 Å². The van der Waals surface area contributed by atoms with E-state index in [9.17, 15) is 4.79 Å². The minimum Gasteiger partial charge on any atom is -0.325 e. The zero-order chi connectivity index (χ0) is 14.8. The molecule has 0 saturated heterocycles. The third-order valence-corrected chi connectivity index (χ3v) is 4.70. The average molecular weight is 345 g/mol. The average Bonchev–Trinajstić information content (AvgIpc) is 2.50. The van der Waals surface area contributed by atoms with Gasteiger partial charge in [0.15, 0.2) is 0 Å². The molecule has 1 aliphatic rings. The second-order valence-electron chi connectivity index (χ2n) is 5.34. The number of carbonyl (C=O) groups excluding carboxylic acids is 1. The Kier molecular flexibility index (Phi) is 4.08. The number of nitrogens with one attached hydrogen (secondary N) is 2. The van der Waals surface area contributed by atoms with Crippen molar-refractivity contribution in [3.05, 3.63) is 63.6 Å². The molecule has 0 aliphatic carbocycles. The maximum Gasteiger partial charge on any atom is 0.233 e. The lowest BCUT2D eigenvalue weighted by Crippen LogP contribution is -2.35. The summed E-state index contributed by atoms with van der Waals surface area (Å²) >= 11 is 3.49. The molecule has 0 aromatic heterocycles. The van der Waals surface area contributed by atoms with Crippen LogP contribution in [0.5, 0.6) is 0 Å². The van der Waals surface area contributed by atoms with Gasteiger partial charge in [-0.05, 0) is 35.7 Å². The molecule has 2 aromatic rings. The highest BCUT2D eigenvalue weighted by molar-refractivity contribution is 9.10. The lowest BCUT2D eigenvalue weighted by atomic mass is 9.90. The summed E-state index contributed by atoms with van der Waals surface area (Å²) in [6.07, 6.45) is 0. The molecule has 0 spiro atoms. The Morgan fingerprint density at radius 1 is 1.29 bits per heavy atom. The van der Waals surface area contributed by atoms with Crippen molar-refractivity contribution < 1.29 is 4.79 Å². The van der Waals surface area contributed by atoms with Gasteiger partial charge in [0.05, 0.1) is 5.92 Å². The first kappa shape index (κ1) is 14.3. The molecule has 0 radical (unpaired) electrons. The first-order chi connectivity index (χ1) is 10.1. The monoisotopic (exact) mass is 344 g/mol. The van der Waals surface area contributed by atoms with Gasteiger partial charge in [0.2, 0.25) is 5.91 Å². The molecule has 3 nitrogen and oxygen atoms in total. The van der Waals surface area contributed by atoms with E-state index in [1.165, 1.54) is 5.56 Å². The number of aryl methyl sites for hydroxylation is 1. The SMILES string of the molecule is Cc1ccc(NC(=O)C2CNCc3ccccc32)cc1Br. The standard InChI is InChI=1S/C17H17BrN2O/c1-11-6-7-13(8-16(11)18)20-17(21)15-10-19-9-12-4-2-3-5-14(12)15/h2-8,15,19H,9-10H2,1H3,(H,20,21). The number of anilines is 1. The number of fused-ring (bicyclic) bond motifs is 1.